The van der Waals surface area contributed by atoms with Gasteiger partial charge in [0, 0.05) is 11.1 Å². The van der Waals surface area contributed by atoms with E-state index in [1.807, 2.05) is 0 Å². The van der Waals surface area contributed by atoms with Gasteiger partial charge in [0.2, 0.25) is 5.82 Å². The fourth-order valence-electron chi connectivity index (χ4n) is 5.85. The Morgan fingerprint density at radius 1 is 0.758 bits per heavy atom. The molecular weight excluding hydrogens is 428 g/mol. The molecule has 5 heteroatoms. The molecule has 2 aromatic carbocycles. The van der Waals surface area contributed by atoms with Gasteiger partial charge in [-0.1, -0.05) is 18.2 Å². The highest BCUT2D eigenvalue weighted by molar-refractivity contribution is 5.66. The molecule has 2 saturated carbocycles. The van der Waals surface area contributed by atoms with Crippen LogP contribution in [0.3, 0.4) is 0 Å². The molecule has 0 saturated heterocycles. The van der Waals surface area contributed by atoms with Gasteiger partial charge in [-0.3, -0.25) is 0 Å². The van der Waals surface area contributed by atoms with Gasteiger partial charge in [0.05, 0.1) is 6.61 Å². The first-order chi connectivity index (χ1) is 15.9. The van der Waals surface area contributed by atoms with Crippen LogP contribution in [-0.2, 0) is 0 Å². The minimum Gasteiger partial charge on any atom is -0.491 e. The summed E-state index contributed by atoms with van der Waals surface area (Å²) in [5.74, 6) is -2.78. The predicted octanol–water partition coefficient (Wildman–Crippen LogP) is 8.57. The molecule has 2 aliphatic carbocycles. The van der Waals surface area contributed by atoms with E-state index in [4.69, 9.17) is 4.74 Å². The highest BCUT2D eigenvalue weighted by Gasteiger charge is 2.32. The Morgan fingerprint density at radius 3 is 1.88 bits per heavy atom. The monoisotopic (exact) mass is 460 g/mol. The maximum absolute atomic E-state index is 15.1. The number of rotatable bonds is 6. The summed E-state index contributed by atoms with van der Waals surface area (Å²) < 4.78 is 63.9. The van der Waals surface area contributed by atoms with Crippen molar-refractivity contribution in [3.8, 4) is 16.9 Å². The molecule has 0 bridgehead atoms. The van der Waals surface area contributed by atoms with Crippen molar-refractivity contribution in [1.29, 1.82) is 0 Å². The Kier molecular flexibility index (Phi) is 7.45. The van der Waals surface area contributed by atoms with Crippen molar-refractivity contribution < 1.29 is 22.3 Å². The maximum atomic E-state index is 15.1. The summed E-state index contributed by atoms with van der Waals surface area (Å²) in [4.78, 5) is 0. The lowest BCUT2D eigenvalue weighted by molar-refractivity contribution is 0.171. The van der Waals surface area contributed by atoms with Gasteiger partial charge in [-0.25, -0.2) is 13.2 Å². The topological polar surface area (TPSA) is 9.23 Å². The molecule has 0 atom stereocenters. The molecule has 0 N–H and O–H groups in total. The van der Waals surface area contributed by atoms with Gasteiger partial charge in [0.15, 0.2) is 23.2 Å². The van der Waals surface area contributed by atoms with Crippen molar-refractivity contribution in [2.24, 2.45) is 17.8 Å². The van der Waals surface area contributed by atoms with Crippen LogP contribution >= 0.6 is 0 Å². The quantitative estimate of drug-likeness (QED) is 0.310. The van der Waals surface area contributed by atoms with Gasteiger partial charge >= 0.3 is 0 Å². The van der Waals surface area contributed by atoms with Crippen molar-refractivity contribution >= 4 is 0 Å². The summed E-state index contributed by atoms with van der Waals surface area (Å²) in [7, 11) is 0. The van der Waals surface area contributed by atoms with Gasteiger partial charge in [-0.05, 0) is 99.7 Å². The van der Waals surface area contributed by atoms with Crippen molar-refractivity contribution in [3.63, 3.8) is 0 Å². The lowest BCUT2D eigenvalue weighted by Crippen LogP contribution is -2.25. The third-order valence-corrected chi connectivity index (χ3v) is 7.78. The normalized spacial score (nSPS) is 25.6. The lowest BCUT2D eigenvalue weighted by atomic mass is 9.68. The number of benzene rings is 2. The molecule has 2 aromatic rings. The summed E-state index contributed by atoms with van der Waals surface area (Å²) in [6.07, 6.45) is 10.6. The van der Waals surface area contributed by atoms with Crippen LogP contribution in [0, 0.1) is 41.0 Å². The smallest absolute Gasteiger partial charge is 0.201 e. The van der Waals surface area contributed by atoms with E-state index in [1.54, 1.807) is 13.0 Å². The molecule has 33 heavy (non-hydrogen) atoms. The fourth-order valence-corrected chi connectivity index (χ4v) is 5.85. The van der Waals surface area contributed by atoms with E-state index < -0.39 is 23.3 Å². The molecule has 0 spiro atoms. The van der Waals surface area contributed by atoms with E-state index in [0.717, 1.165) is 31.6 Å². The highest BCUT2D eigenvalue weighted by atomic mass is 19.2. The van der Waals surface area contributed by atoms with E-state index in [0.29, 0.717) is 17.4 Å². The Hall–Kier alpha value is -2.30. The largest absolute Gasteiger partial charge is 0.491 e. The van der Waals surface area contributed by atoms with Gasteiger partial charge in [0.1, 0.15) is 0 Å². The zero-order chi connectivity index (χ0) is 23.5. The molecular formula is C28H32F4O. The van der Waals surface area contributed by atoms with Gasteiger partial charge < -0.3 is 4.74 Å². The van der Waals surface area contributed by atoms with Gasteiger partial charge in [-0.15, -0.1) is 6.58 Å². The SMILES string of the molecule is C=CC1CCC(C2CCC(c3ccc(-c4ccc(OCC)c(F)c4F)c(F)c3F)CC2)CC1. The third kappa shape index (κ3) is 4.83. The van der Waals surface area contributed by atoms with E-state index in [9.17, 15) is 13.2 Å². The van der Waals surface area contributed by atoms with Crippen LogP contribution in [-0.4, -0.2) is 6.61 Å². The Labute approximate surface area is 193 Å². The molecule has 0 amide bonds. The summed E-state index contributed by atoms with van der Waals surface area (Å²) >= 11 is 0. The van der Waals surface area contributed by atoms with Crippen LogP contribution in [0.1, 0.15) is 69.8 Å². The standard InChI is InChI=1S/C28H32F4O/c1-3-17-5-7-18(8-6-17)19-9-11-20(12-10-19)21-13-14-22(26(30)25(21)29)23-15-16-24(33-4-2)28(32)27(23)31/h3,13-20H,1,4-12H2,2H3. The number of hydrogen-bond acceptors (Lipinski definition) is 1. The van der Waals surface area contributed by atoms with Crippen molar-refractivity contribution in [1.82, 2.24) is 0 Å². The first kappa shape index (κ1) is 23.8. The fraction of sp³-hybridized carbons (Fsp3) is 0.500. The Bertz CT molecular complexity index is 986. The summed E-state index contributed by atoms with van der Waals surface area (Å²) in [5.41, 5.74) is -0.238. The summed E-state index contributed by atoms with van der Waals surface area (Å²) in [6, 6.07) is 5.38. The van der Waals surface area contributed by atoms with Gasteiger partial charge in [-0.2, -0.15) is 4.39 Å². The van der Waals surface area contributed by atoms with E-state index in [2.05, 4.69) is 12.7 Å². The van der Waals surface area contributed by atoms with E-state index in [1.165, 1.54) is 43.9 Å². The Morgan fingerprint density at radius 2 is 1.30 bits per heavy atom. The second-order valence-electron chi connectivity index (χ2n) is 9.52. The molecule has 178 valence electrons. The maximum Gasteiger partial charge on any atom is 0.201 e. The summed E-state index contributed by atoms with van der Waals surface area (Å²) in [5, 5.41) is 0. The average Bonchev–Trinajstić information content (AvgIpc) is 2.85. The van der Waals surface area contributed by atoms with Crippen LogP contribution in [0.4, 0.5) is 17.6 Å². The molecule has 2 fully saturated rings. The number of hydrogen-bond donors (Lipinski definition) is 0. The van der Waals surface area contributed by atoms with Crippen molar-refractivity contribution in [2.45, 2.75) is 64.2 Å². The third-order valence-electron chi connectivity index (χ3n) is 7.78. The summed E-state index contributed by atoms with van der Waals surface area (Å²) in [6.45, 7) is 5.74. The Balaban J connectivity index is 1.48. The van der Waals surface area contributed by atoms with E-state index >= 15 is 4.39 Å². The molecule has 4 rings (SSSR count). The van der Waals surface area contributed by atoms with Crippen molar-refractivity contribution in [2.75, 3.05) is 6.61 Å². The minimum atomic E-state index is -1.24. The zero-order valence-corrected chi connectivity index (χ0v) is 19.2. The number of ether oxygens (including phenoxy) is 1. The van der Waals surface area contributed by atoms with Crippen LogP contribution in [0.5, 0.6) is 5.75 Å². The number of allylic oxidation sites excluding steroid dienone is 1. The zero-order valence-electron chi connectivity index (χ0n) is 19.2. The van der Waals surface area contributed by atoms with E-state index in [-0.39, 0.29) is 29.4 Å². The molecule has 1 nitrogen and oxygen atoms in total. The first-order valence-corrected chi connectivity index (χ1v) is 12.2. The predicted molar refractivity (Wildman–Crippen MR) is 123 cm³/mol. The average molecular weight is 461 g/mol. The molecule has 0 heterocycles. The number of halogens is 4. The molecule has 0 aliphatic heterocycles. The van der Waals surface area contributed by atoms with Gasteiger partial charge in [0.25, 0.3) is 0 Å². The minimum absolute atomic E-state index is 0.0452. The second-order valence-corrected chi connectivity index (χ2v) is 9.52. The second kappa shape index (κ2) is 10.3. The highest BCUT2D eigenvalue weighted by Crippen LogP contribution is 2.45. The molecule has 0 unspecified atom stereocenters. The molecule has 2 aliphatic rings. The molecule has 0 aromatic heterocycles. The lowest BCUT2D eigenvalue weighted by Gasteiger charge is -2.37. The van der Waals surface area contributed by atoms with Crippen LogP contribution in [0.2, 0.25) is 0 Å². The van der Waals surface area contributed by atoms with Crippen LogP contribution in [0.15, 0.2) is 36.9 Å². The molecule has 0 radical (unpaired) electrons. The van der Waals surface area contributed by atoms with Crippen LogP contribution in [0.25, 0.3) is 11.1 Å². The van der Waals surface area contributed by atoms with Crippen LogP contribution < -0.4 is 4.74 Å². The van der Waals surface area contributed by atoms with Crippen molar-refractivity contribution in [3.05, 3.63) is 65.8 Å². The first-order valence-electron chi connectivity index (χ1n) is 12.2.